The molecule has 10 heteroatoms. The van der Waals surface area contributed by atoms with E-state index in [0.29, 0.717) is 25.4 Å². The summed E-state index contributed by atoms with van der Waals surface area (Å²) in [4.78, 5) is 13.1. The standard InChI is InChI=1S/C25H36N6O3S/c1-25(2)13-3-4-16-30(25)35(33,34)19-9-7-18(8-10-19)28-23-22-21(12-15-27-24(22)32)31(29-23)20(11-14-26)17-5-6-17/h7-10,17,20-23,28-29H,3-6,11-13,15-16H2,1-2H3,(H,27,32)/t20-,21?,22?,23?/m0/s1. The molecule has 1 aromatic carbocycles. The first kappa shape index (κ1) is 24.5. The smallest absolute Gasteiger partial charge is 0.243 e. The predicted molar refractivity (Wildman–Crippen MR) is 132 cm³/mol. The Morgan fingerprint density at radius 3 is 2.60 bits per heavy atom. The van der Waals surface area contributed by atoms with Crippen LogP contribution in [0.3, 0.4) is 0 Å². The van der Waals surface area contributed by atoms with Crippen LogP contribution < -0.4 is 16.1 Å². The van der Waals surface area contributed by atoms with E-state index in [2.05, 4.69) is 27.1 Å². The average molecular weight is 501 g/mol. The maximum Gasteiger partial charge on any atom is 0.243 e. The molecule has 190 valence electrons. The summed E-state index contributed by atoms with van der Waals surface area (Å²) in [6, 6.07) is 9.31. The van der Waals surface area contributed by atoms with Crippen molar-refractivity contribution in [1.82, 2.24) is 20.1 Å². The lowest BCUT2D eigenvalue weighted by Crippen LogP contribution is -2.52. The molecule has 1 aliphatic carbocycles. The summed E-state index contributed by atoms with van der Waals surface area (Å²) in [5.41, 5.74) is 3.87. The number of anilines is 1. The van der Waals surface area contributed by atoms with Crippen LogP contribution in [0.25, 0.3) is 0 Å². The van der Waals surface area contributed by atoms with Crippen molar-refractivity contribution in [3.05, 3.63) is 24.3 Å². The second kappa shape index (κ2) is 9.36. The fraction of sp³-hybridized carbons (Fsp3) is 0.680. The summed E-state index contributed by atoms with van der Waals surface area (Å²) < 4.78 is 28.3. The van der Waals surface area contributed by atoms with E-state index in [9.17, 15) is 18.5 Å². The van der Waals surface area contributed by atoms with Gasteiger partial charge in [-0.25, -0.2) is 18.9 Å². The first-order chi connectivity index (χ1) is 16.7. The number of hydrogen-bond acceptors (Lipinski definition) is 7. The van der Waals surface area contributed by atoms with Gasteiger partial charge < -0.3 is 10.6 Å². The maximum absolute atomic E-state index is 13.3. The fourth-order valence-corrected chi connectivity index (χ4v) is 7.93. The number of amides is 1. The van der Waals surface area contributed by atoms with Crippen LogP contribution in [0.4, 0.5) is 5.69 Å². The second-order valence-corrected chi connectivity index (χ2v) is 12.8. The zero-order valence-corrected chi connectivity index (χ0v) is 21.4. The molecular weight excluding hydrogens is 464 g/mol. The van der Waals surface area contributed by atoms with Crippen molar-refractivity contribution in [2.45, 2.75) is 87.5 Å². The van der Waals surface area contributed by atoms with Gasteiger partial charge in [-0.1, -0.05) is 6.42 Å². The molecule has 3 heterocycles. The highest BCUT2D eigenvalue weighted by Gasteiger charge is 2.52. The third kappa shape index (κ3) is 4.67. The Morgan fingerprint density at radius 2 is 1.94 bits per heavy atom. The zero-order valence-electron chi connectivity index (χ0n) is 20.5. The highest BCUT2D eigenvalue weighted by atomic mass is 32.2. The van der Waals surface area contributed by atoms with Gasteiger partial charge in [0.1, 0.15) is 6.17 Å². The lowest BCUT2D eigenvalue weighted by Gasteiger charge is -2.41. The van der Waals surface area contributed by atoms with Crippen molar-refractivity contribution in [1.29, 1.82) is 5.26 Å². The number of hydrazine groups is 1. The molecule has 4 atom stereocenters. The van der Waals surface area contributed by atoms with Gasteiger partial charge in [-0.3, -0.25) is 4.79 Å². The first-order valence-electron chi connectivity index (χ1n) is 12.8. The van der Waals surface area contributed by atoms with Gasteiger partial charge in [-0.15, -0.1) is 0 Å². The molecule has 35 heavy (non-hydrogen) atoms. The van der Waals surface area contributed by atoms with Crippen LogP contribution in [-0.4, -0.2) is 60.5 Å². The number of piperidine rings is 2. The maximum atomic E-state index is 13.3. The van der Waals surface area contributed by atoms with Crippen LogP contribution in [-0.2, 0) is 14.8 Å². The highest BCUT2D eigenvalue weighted by Crippen LogP contribution is 2.41. The van der Waals surface area contributed by atoms with Gasteiger partial charge in [0.2, 0.25) is 15.9 Å². The number of nitrogens with zero attached hydrogens (tertiary/aromatic N) is 3. The normalized spacial score (nSPS) is 30.2. The number of nitriles is 1. The summed E-state index contributed by atoms with van der Waals surface area (Å²) >= 11 is 0. The summed E-state index contributed by atoms with van der Waals surface area (Å²) in [5, 5.41) is 18.0. The van der Waals surface area contributed by atoms with Crippen LogP contribution in [0.5, 0.6) is 0 Å². The molecular formula is C25H36N6O3S. The van der Waals surface area contributed by atoms with Crippen molar-refractivity contribution in [3.8, 4) is 6.07 Å². The van der Waals surface area contributed by atoms with Crippen LogP contribution >= 0.6 is 0 Å². The number of sulfonamides is 1. The monoisotopic (exact) mass is 500 g/mol. The molecule has 5 rings (SSSR count). The molecule has 4 aliphatic rings. The number of hydrogen-bond donors (Lipinski definition) is 3. The highest BCUT2D eigenvalue weighted by molar-refractivity contribution is 7.89. The Balaban J connectivity index is 1.34. The molecule has 1 saturated carbocycles. The number of rotatable bonds is 7. The molecule has 3 saturated heterocycles. The SMILES string of the molecule is CC1(C)CCCCN1S(=O)(=O)c1ccc(NC2NN([C@@H](CC#N)C3CC3)C3CCNC(=O)C23)cc1. The molecule has 0 radical (unpaired) electrons. The summed E-state index contributed by atoms with van der Waals surface area (Å²) in [7, 11) is -3.58. The Bertz CT molecular complexity index is 1100. The van der Waals surface area contributed by atoms with Gasteiger partial charge in [-0.05, 0) is 76.1 Å². The molecule has 9 nitrogen and oxygen atoms in total. The van der Waals surface area contributed by atoms with Gasteiger partial charge in [0, 0.05) is 36.4 Å². The van der Waals surface area contributed by atoms with E-state index in [1.54, 1.807) is 28.6 Å². The minimum Gasteiger partial charge on any atom is -0.368 e. The molecule has 3 N–H and O–H groups in total. The third-order valence-corrected chi connectivity index (χ3v) is 10.2. The van der Waals surface area contributed by atoms with Gasteiger partial charge in [-0.2, -0.15) is 9.57 Å². The molecule has 0 aromatic heterocycles. The van der Waals surface area contributed by atoms with Crippen molar-refractivity contribution >= 4 is 21.6 Å². The number of carbonyl (C=O) groups is 1. The van der Waals surface area contributed by atoms with Crippen molar-refractivity contribution in [3.63, 3.8) is 0 Å². The van der Waals surface area contributed by atoms with E-state index >= 15 is 0 Å². The van der Waals surface area contributed by atoms with Gasteiger partial charge in [0.05, 0.1) is 23.3 Å². The van der Waals surface area contributed by atoms with Crippen LogP contribution in [0.2, 0.25) is 0 Å². The largest absolute Gasteiger partial charge is 0.368 e. The molecule has 0 bridgehead atoms. The molecule has 0 spiro atoms. The van der Waals surface area contributed by atoms with Crippen molar-refractivity contribution in [2.75, 3.05) is 18.4 Å². The van der Waals surface area contributed by atoms with Crippen LogP contribution in [0, 0.1) is 23.2 Å². The van der Waals surface area contributed by atoms with E-state index in [1.165, 1.54) is 0 Å². The second-order valence-electron chi connectivity index (χ2n) is 11.0. The summed E-state index contributed by atoms with van der Waals surface area (Å²) in [6.07, 6.45) is 5.96. The van der Waals surface area contributed by atoms with E-state index in [-0.39, 0.29) is 35.0 Å². The number of nitrogens with one attached hydrogen (secondary N) is 3. The van der Waals surface area contributed by atoms with Gasteiger partial charge >= 0.3 is 0 Å². The first-order valence-corrected chi connectivity index (χ1v) is 14.2. The third-order valence-electron chi connectivity index (χ3n) is 8.12. The van der Waals surface area contributed by atoms with Gasteiger partial charge in [0.15, 0.2) is 0 Å². The Labute approximate surface area is 208 Å². The van der Waals surface area contributed by atoms with Gasteiger partial charge in [0.25, 0.3) is 0 Å². The minimum absolute atomic E-state index is 0.00628. The van der Waals surface area contributed by atoms with E-state index in [1.807, 2.05) is 13.8 Å². The number of fused-ring (bicyclic) bond motifs is 1. The van der Waals surface area contributed by atoms with Crippen LogP contribution in [0.15, 0.2) is 29.2 Å². The van der Waals surface area contributed by atoms with Crippen LogP contribution in [0.1, 0.15) is 58.8 Å². The quantitative estimate of drug-likeness (QED) is 0.526. The minimum atomic E-state index is -3.58. The summed E-state index contributed by atoms with van der Waals surface area (Å²) in [6.45, 7) is 5.16. The summed E-state index contributed by atoms with van der Waals surface area (Å²) in [5.74, 6) is 0.211. The Morgan fingerprint density at radius 1 is 1.20 bits per heavy atom. The Hall–Kier alpha value is -2.19. The predicted octanol–water partition coefficient (Wildman–Crippen LogP) is 2.39. The molecule has 3 aliphatic heterocycles. The molecule has 1 amide bonds. The lowest BCUT2D eigenvalue weighted by atomic mass is 9.90. The molecule has 3 unspecified atom stereocenters. The zero-order chi connectivity index (χ0) is 24.8. The number of benzene rings is 1. The lowest BCUT2D eigenvalue weighted by molar-refractivity contribution is -0.128. The van der Waals surface area contributed by atoms with Crippen molar-refractivity contribution < 1.29 is 13.2 Å². The molecule has 1 aromatic rings. The molecule has 4 fully saturated rings. The van der Waals surface area contributed by atoms with Crippen molar-refractivity contribution in [2.24, 2.45) is 11.8 Å². The Kier molecular flexibility index (Phi) is 6.55. The van der Waals surface area contributed by atoms with E-state index in [4.69, 9.17) is 0 Å². The fourth-order valence-electron chi connectivity index (χ4n) is 6.08. The topological polar surface area (TPSA) is 118 Å². The average Bonchev–Trinajstić information content (AvgIpc) is 3.59. The van der Waals surface area contributed by atoms with E-state index < -0.39 is 15.6 Å². The number of carbonyl (C=O) groups excluding carboxylic acids is 1. The van der Waals surface area contributed by atoms with E-state index in [0.717, 1.165) is 44.2 Å².